The molecule has 0 amide bonds. The predicted octanol–water partition coefficient (Wildman–Crippen LogP) is 4.62. The first-order valence-corrected chi connectivity index (χ1v) is 11.9. The highest BCUT2D eigenvalue weighted by atomic mass is 19.2. The van der Waals surface area contributed by atoms with Gasteiger partial charge >= 0.3 is 0 Å². The van der Waals surface area contributed by atoms with Crippen molar-refractivity contribution in [3.8, 4) is 11.4 Å². The molecule has 1 fully saturated rings. The van der Waals surface area contributed by atoms with Gasteiger partial charge in [-0.1, -0.05) is 6.07 Å². The van der Waals surface area contributed by atoms with Crippen molar-refractivity contribution in [1.29, 1.82) is 0 Å². The summed E-state index contributed by atoms with van der Waals surface area (Å²) in [5, 5.41) is 17.8. The summed E-state index contributed by atoms with van der Waals surface area (Å²) in [6.45, 7) is 7.86. The van der Waals surface area contributed by atoms with Gasteiger partial charge < -0.3 is 15.0 Å². The average Bonchev–Trinajstić information content (AvgIpc) is 3.46. The number of rotatable bonds is 7. The molecule has 1 aliphatic heterocycles. The van der Waals surface area contributed by atoms with Gasteiger partial charge in [-0.25, -0.2) is 17.9 Å². The molecule has 3 heterocycles. The smallest absolute Gasteiger partial charge is 0.179 e. The van der Waals surface area contributed by atoms with Gasteiger partial charge in [-0.2, -0.15) is 10.2 Å². The lowest BCUT2D eigenvalue weighted by Crippen LogP contribution is -2.32. The van der Waals surface area contributed by atoms with Gasteiger partial charge in [-0.05, 0) is 57.0 Å². The summed E-state index contributed by atoms with van der Waals surface area (Å²) in [4.78, 5) is 2.10. The summed E-state index contributed by atoms with van der Waals surface area (Å²) in [5.41, 5.74) is 3.15. The van der Waals surface area contributed by atoms with Crippen LogP contribution in [0, 0.1) is 31.3 Å². The first-order chi connectivity index (χ1) is 17.4. The lowest BCUT2D eigenvalue weighted by Gasteiger charge is -2.18. The number of hydrogen-bond donors (Lipinski definition) is 1. The normalized spacial score (nSPS) is 15.7. The van der Waals surface area contributed by atoms with Crippen LogP contribution in [0.1, 0.15) is 30.3 Å². The van der Waals surface area contributed by atoms with Crippen LogP contribution in [0.25, 0.3) is 16.6 Å². The molecule has 0 unspecified atom stereocenters. The zero-order valence-electron chi connectivity index (χ0n) is 20.4. The number of nitrogens with one attached hydrogen (secondary N) is 1. The van der Waals surface area contributed by atoms with E-state index in [1.807, 2.05) is 20.8 Å². The van der Waals surface area contributed by atoms with Crippen molar-refractivity contribution in [2.45, 2.75) is 39.8 Å². The quantitative estimate of drug-likeness (QED) is 0.403. The Labute approximate surface area is 206 Å². The number of benzene rings is 2. The number of hydrogen-bond acceptors (Lipinski definition) is 6. The largest absolute Gasteiger partial charge is 0.494 e. The molecule has 1 aliphatic rings. The Morgan fingerprint density at radius 3 is 2.61 bits per heavy atom. The third-order valence-corrected chi connectivity index (χ3v) is 6.51. The van der Waals surface area contributed by atoms with Crippen molar-refractivity contribution >= 4 is 16.7 Å². The highest BCUT2D eigenvalue weighted by molar-refractivity contribution is 5.92. The number of aryl methyl sites for hydroxylation is 2. The SMILES string of the molecule is CCOc1ccc(-n2nc3c(N4CC[C@H](NCc5ccc(F)c(F)c5)C4)nnc(C)c3c2C)c(F)c1. The molecule has 1 N–H and O–H groups in total. The zero-order valence-corrected chi connectivity index (χ0v) is 20.4. The molecular formula is C26H27F3N6O. The second kappa shape index (κ2) is 9.77. The Morgan fingerprint density at radius 2 is 1.86 bits per heavy atom. The number of nitrogens with zero attached hydrogens (tertiary/aromatic N) is 5. The van der Waals surface area contributed by atoms with Crippen LogP contribution < -0.4 is 15.0 Å². The second-order valence-electron chi connectivity index (χ2n) is 8.94. The van der Waals surface area contributed by atoms with E-state index in [1.165, 1.54) is 12.1 Å². The van der Waals surface area contributed by atoms with Gasteiger partial charge in [-0.3, -0.25) is 0 Å². The molecule has 0 aliphatic carbocycles. The van der Waals surface area contributed by atoms with Gasteiger partial charge in [0.25, 0.3) is 0 Å². The van der Waals surface area contributed by atoms with Gasteiger partial charge in [0.1, 0.15) is 17.0 Å². The molecule has 1 atom stereocenters. The maximum absolute atomic E-state index is 15.0. The number of halogens is 3. The van der Waals surface area contributed by atoms with Crippen molar-refractivity contribution in [3.05, 3.63) is 70.8 Å². The lowest BCUT2D eigenvalue weighted by atomic mass is 10.2. The Balaban J connectivity index is 1.40. The van der Waals surface area contributed by atoms with E-state index < -0.39 is 17.5 Å². The van der Waals surface area contributed by atoms with Gasteiger partial charge in [0.15, 0.2) is 23.3 Å². The molecule has 0 spiro atoms. The van der Waals surface area contributed by atoms with Crippen LogP contribution in [-0.4, -0.2) is 45.7 Å². The molecule has 7 nitrogen and oxygen atoms in total. The second-order valence-corrected chi connectivity index (χ2v) is 8.94. The van der Waals surface area contributed by atoms with E-state index in [9.17, 15) is 13.2 Å². The summed E-state index contributed by atoms with van der Waals surface area (Å²) in [7, 11) is 0. The lowest BCUT2D eigenvalue weighted by molar-refractivity contribution is 0.338. The first-order valence-electron chi connectivity index (χ1n) is 11.9. The minimum atomic E-state index is -0.854. The van der Waals surface area contributed by atoms with Crippen LogP contribution in [-0.2, 0) is 6.54 Å². The van der Waals surface area contributed by atoms with E-state index in [4.69, 9.17) is 9.84 Å². The van der Waals surface area contributed by atoms with Crippen LogP contribution >= 0.6 is 0 Å². The molecular weight excluding hydrogens is 469 g/mol. The first kappa shape index (κ1) is 24.1. The number of aromatic nitrogens is 4. The highest BCUT2D eigenvalue weighted by Crippen LogP contribution is 2.32. The molecule has 1 saturated heterocycles. The Morgan fingerprint density at radius 1 is 1.03 bits per heavy atom. The molecule has 2 aromatic carbocycles. The van der Waals surface area contributed by atoms with Crippen molar-refractivity contribution in [3.63, 3.8) is 0 Å². The monoisotopic (exact) mass is 496 g/mol. The molecule has 0 saturated carbocycles. The van der Waals surface area contributed by atoms with Crippen LogP contribution in [0.15, 0.2) is 36.4 Å². The molecule has 2 aromatic heterocycles. The molecule has 10 heteroatoms. The third-order valence-electron chi connectivity index (χ3n) is 6.51. The van der Waals surface area contributed by atoms with Crippen LogP contribution in [0.4, 0.5) is 19.0 Å². The van der Waals surface area contributed by atoms with E-state index in [0.29, 0.717) is 48.0 Å². The van der Waals surface area contributed by atoms with Crippen LogP contribution in [0.3, 0.4) is 0 Å². The van der Waals surface area contributed by atoms with E-state index in [2.05, 4.69) is 20.4 Å². The topological polar surface area (TPSA) is 68.1 Å². The molecule has 0 bridgehead atoms. The van der Waals surface area contributed by atoms with Crippen molar-refractivity contribution in [2.24, 2.45) is 0 Å². The number of fused-ring (bicyclic) bond motifs is 1. The Hall–Kier alpha value is -3.66. The Kier molecular flexibility index (Phi) is 6.53. The van der Waals surface area contributed by atoms with E-state index in [1.54, 1.807) is 22.9 Å². The molecule has 4 aromatic rings. The maximum atomic E-state index is 15.0. The molecule has 188 valence electrons. The number of anilines is 1. The van der Waals surface area contributed by atoms with Crippen molar-refractivity contribution < 1.29 is 17.9 Å². The van der Waals surface area contributed by atoms with Gasteiger partial charge in [0, 0.05) is 31.7 Å². The minimum Gasteiger partial charge on any atom is -0.494 e. The summed E-state index contributed by atoms with van der Waals surface area (Å²) < 4.78 is 48.7. The maximum Gasteiger partial charge on any atom is 0.179 e. The summed E-state index contributed by atoms with van der Waals surface area (Å²) in [6.07, 6.45) is 0.841. The minimum absolute atomic E-state index is 0.128. The van der Waals surface area contributed by atoms with Gasteiger partial charge in [0.2, 0.25) is 0 Å². The average molecular weight is 497 g/mol. The standard InChI is InChI=1S/C26H27F3N6O/c1-4-36-19-6-8-23(22(29)12-19)35-16(3)24-15(2)31-32-26(25(24)33-35)34-10-9-18(14-34)30-13-17-5-7-20(27)21(28)11-17/h5-8,11-12,18,30H,4,9-10,13-14H2,1-3H3/t18-/m0/s1. The molecule has 0 radical (unpaired) electrons. The van der Waals surface area contributed by atoms with Gasteiger partial charge in [0.05, 0.1) is 23.4 Å². The highest BCUT2D eigenvalue weighted by Gasteiger charge is 2.28. The van der Waals surface area contributed by atoms with E-state index >= 15 is 0 Å². The third kappa shape index (κ3) is 4.48. The fraction of sp³-hybridized carbons (Fsp3) is 0.346. The fourth-order valence-electron chi connectivity index (χ4n) is 4.71. The van der Waals surface area contributed by atoms with Crippen molar-refractivity contribution in [1.82, 2.24) is 25.3 Å². The van der Waals surface area contributed by atoms with Crippen LogP contribution in [0.5, 0.6) is 5.75 Å². The summed E-state index contributed by atoms with van der Waals surface area (Å²) in [6, 6.07) is 8.78. The zero-order chi connectivity index (χ0) is 25.4. The van der Waals surface area contributed by atoms with E-state index in [0.717, 1.165) is 35.8 Å². The molecule has 36 heavy (non-hydrogen) atoms. The predicted molar refractivity (Wildman–Crippen MR) is 131 cm³/mol. The Bertz CT molecular complexity index is 1420. The summed E-state index contributed by atoms with van der Waals surface area (Å²) in [5.74, 6) is -1.03. The van der Waals surface area contributed by atoms with Crippen molar-refractivity contribution in [2.75, 3.05) is 24.6 Å². The number of ether oxygens (including phenoxy) is 1. The van der Waals surface area contributed by atoms with Gasteiger partial charge in [-0.15, -0.1) is 5.10 Å². The fourth-order valence-corrected chi connectivity index (χ4v) is 4.71. The summed E-state index contributed by atoms with van der Waals surface area (Å²) >= 11 is 0. The molecule has 5 rings (SSSR count). The van der Waals surface area contributed by atoms with Crippen LogP contribution in [0.2, 0.25) is 0 Å². The van der Waals surface area contributed by atoms with E-state index in [-0.39, 0.29) is 6.04 Å².